The van der Waals surface area contributed by atoms with Crippen LogP contribution >= 0.6 is 0 Å². The summed E-state index contributed by atoms with van der Waals surface area (Å²) in [5.41, 5.74) is 12.5. The van der Waals surface area contributed by atoms with Crippen molar-refractivity contribution in [2.75, 3.05) is 0 Å². The number of nitrogens with one attached hydrogen (secondary N) is 4. The second-order valence-corrected chi connectivity index (χ2v) is 9.66. The van der Waals surface area contributed by atoms with Crippen molar-refractivity contribution >= 4 is 40.5 Å². The van der Waals surface area contributed by atoms with Crippen LogP contribution in [0.3, 0.4) is 0 Å². The van der Waals surface area contributed by atoms with Crippen molar-refractivity contribution in [3.05, 3.63) is 36.0 Å². The summed E-state index contributed by atoms with van der Waals surface area (Å²) in [5.74, 6) is -4.76. The number of aromatic amines is 1. The number of hydrogen-bond donors (Lipinski definition) is 8. The van der Waals surface area contributed by atoms with Gasteiger partial charge in [0.2, 0.25) is 23.6 Å². The number of primary amides is 1. The smallest absolute Gasteiger partial charge is 0.326 e. The summed E-state index contributed by atoms with van der Waals surface area (Å²) >= 11 is 0. The topological polar surface area (TPSA) is 230 Å². The van der Waals surface area contributed by atoms with Gasteiger partial charge in [0.15, 0.2) is 0 Å². The molecule has 1 heterocycles. The van der Waals surface area contributed by atoms with Crippen molar-refractivity contribution in [2.24, 2.45) is 17.4 Å². The van der Waals surface area contributed by atoms with E-state index in [1.807, 2.05) is 26.0 Å². The number of nitrogens with two attached hydrogens (primary N) is 2. The minimum absolute atomic E-state index is 0.0698. The summed E-state index contributed by atoms with van der Waals surface area (Å²) in [6.07, 6.45) is -0.142. The average Bonchev–Trinajstić information content (AvgIpc) is 3.23. The normalized spacial score (nSPS) is 15.2. The number of hydrogen-bond acceptors (Lipinski definition) is 7. The fourth-order valence-electron chi connectivity index (χ4n) is 3.95. The van der Waals surface area contributed by atoms with E-state index in [0.29, 0.717) is 12.0 Å². The Morgan fingerprint density at radius 2 is 1.58 bits per heavy atom. The summed E-state index contributed by atoms with van der Waals surface area (Å²) in [4.78, 5) is 64.8. The number of aliphatic hydroxyl groups excluding tert-OH is 1. The Morgan fingerprint density at radius 3 is 2.16 bits per heavy atom. The molecule has 0 spiro atoms. The van der Waals surface area contributed by atoms with E-state index in [0.717, 1.165) is 10.9 Å². The number of benzene rings is 1. The number of H-pyrrole nitrogens is 1. The van der Waals surface area contributed by atoms with Crippen molar-refractivity contribution in [3.8, 4) is 0 Å². The first kappa shape index (κ1) is 30.3. The number of amides is 4. The van der Waals surface area contributed by atoms with Gasteiger partial charge in [-0.2, -0.15) is 0 Å². The highest BCUT2D eigenvalue weighted by molar-refractivity contribution is 5.96. The third kappa shape index (κ3) is 8.56. The lowest BCUT2D eigenvalue weighted by atomic mass is 10.0. The molecule has 10 N–H and O–H groups in total. The van der Waals surface area contributed by atoms with Crippen LogP contribution in [-0.2, 0) is 30.4 Å². The molecule has 0 radical (unpaired) electrons. The summed E-state index contributed by atoms with van der Waals surface area (Å²) in [6.45, 7) is 4.94. The molecule has 0 bridgehead atoms. The molecular formula is C25H36N6O7. The van der Waals surface area contributed by atoms with E-state index < -0.39 is 66.3 Å². The first-order chi connectivity index (χ1) is 17.8. The maximum atomic E-state index is 13.0. The molecule has 5 atom stereocenters. The Hall–Kier alpha value is -3.97. The molecule has 0 saturated carbocycles. The Bertz CT molecular complexity index is 1160. The fraction of sp³-hybridized carbons (Fsp3) is 0.480. The number of aromatic nitrogens is 1. The highest BCUT2D eigenvalue weighted by Gasteiger charge is 2.33. The van der Waals surface area contributed by atoms with Crippen molar-refractivity contribution in [1.29, 1.82) is 0 Å². The maximum Gasteiger partial charge on any atom is 0.326 e. The van der Waals surface area contributed by atoms with Gasteiger partial charge in [-0.25, -0.2) is 4.79 Å². The van der Waals surface area contributed by atoms with Crippen LogP contribution in [0.15, 0.2) is 30.5 Å². The van der Waals surface area contributed by atoms with E-state index in [9.17, 15) is 34.2 Å². The van der Waals surface area contributed by atoms with E-state index in [2.05, 4.69) is 20.9 Å². The average molecular weight is 533 g/mol. The zero-order valence-electron chi connectivity index (χ0n) is 21.6. The number of para-hydroxylation sites is 1. The lowest BCUT2D eigenvalue weighted by Gasteiger charge is -2.26. The van der Waals surface area contributed by atoms with Crippen LogP contribution in [0.5, 0.6) is 0 Å². The van der Waals surface area contributed by atoms with Crippen LogP contribution in [0.4, 0.5) is 0 Å². The molecule has 2 aromatic rings. The molecule has 38 heavy (non-hydrogen) atoms. The minimum Gasteiger partial charge on any atom is -0.480 e. The van der Waals surface area contributed by atoms with E-state index in [1.54, 1.807) is 18.3 Å². The lowest BCUT2D eigenvalue weighted by molar-refractivity contribution is -0.143. The molecule has 0 saturated heterocycles. The SMILES string of the molecule is CC(C)CC(N)C(=O)NC(CC(N)=O)C(=O)NC(C(=O)NC(Cc1c[nH]c2ccccc12)C(=O)O)C(C)O. The summed E-state index contributed by atoms with van der Waals surface area (Å²) in [6, 6.07) is 1.86. The molecule has 5 unspecified atom stereocenters. The van der Waals surface area contributed by atoms with Gasteiger partial charge in [0.1, 0.15) is 18.1 Å². The van der Waals surface area contributed by atoms with Crippen molar-refractivity contribution in [3.63, 3.8) is 0 Å². The van der Waals surface area contributed by atoms with Gasteiger partial charge < -0.3 is 42.6 Å². The van der Waals surface area contributed by atoms with E-state index >= 15 is 0 Å². The van der Waals surface area contributed by atoms with Crippen molar-refractivity contribution < 1.29 is 34.2 Å². The van der Waals surface area contributed by atoms with Crippen LogP contribution in [0.2, 0.25) is 0 Å². The Labute approximate surface area is 219 Å². The first-order valence-electron chi connectivity index (χ1n) is 12.2. The van der Waals surface area contributed by atoms with Gasteiger partial charge in [0.05, 0.1) is 18.6 Å². The van der Waals surface area contributed by atoms with Crippen LogP contribution in [0.1, 0.15) is 39.2 Å². The highest BCUT2D eigenvalue weighted by atomic mass is 16.4. The number of aliphatic carboxylic acids is 1. The number of carbonyl (C=O) groups excluding carboxylic acids is 4. The van der Waals surface area contributed by atoms with Gasteiger partial charge in [0, 0.05) is 23.5 Å². The molecule has 1 aromatic heterocycles. The van der Waals surface area contributed by atoms with E-state index in [4.69, 9.17) is 11.5 Å². The van der Waals surface area contributed by atoms with Gasteiger partial charge in [-0.3, -0.25) is 19.2 Å². The number of fused-ring (bicyclic) bond motifs is 1. The standard InChI is InChI=1S/C25H36N6O7/c1-12(2)8-16(26)22(34)29-18(10-20(27)33)23(35)31-21(13(3)32)24(36)30-19(25(37)38)9-14-11-28-17-7-5-4-6-15(14)17/h4-7,11-13,16,18-19,21,28,32H,8-10,26H2,1-3H3,(H2,27,33)(H,29,34)(H,30,36)(H,31,35)(H,37,38). The van der Waals surface area contributed by atoms with Crippen molar-refractivity contribution in [1.82, 2.24) is 20.9 Å². The van der Waals surface area contributed by atoms with Crippen molar-refractivity contribution in [2.45, 2.75) is 70.3 Å². The number of rotatable bonds is 14. The maximum absolute atomic E-state index is 13.0. The molecule has 208 valence electrons. The van der Waals surface area contributed by atoms with Crippen LogP contribution in [-0.4, -0.2) is 75.1 Å². The summed E-state index contributed by atoms with van der Waals surface area (Å²) < 4.78 is 0. The highest BCUT2D eigenvalue weighted by Crippen LogP contribution is 2.19. The second-order valence-electron chi connectivity index (χ2n) is 9.66. The molecule has 0 fully saturated rings. The summed E-state index contributed by atoms with van der Waals surface area (Å²) in [5, 5.41) is 27.7. The molecule has 4 amide bonds. The number of aliphatic hydroxyl groups is 1. The molecule has 0 aliphatic rings. The Morgan fingerprint density at radius 1 is 0.947 bits per heavy atom. The third-order valence-corrected chi connectivity index (χ3v) is 5.88. The number of carbonyl (C=O) groups is 5. The molecule has 13 nitrogen and oxygen atoms in total. The first-order valence-corrected chi connectivity index (χ1v) is 12.2. The Balaban J connectivity index is 2.15. The Kier molecular flexibility index (Phi) is 10.8. The summed E-state index contributed by atoms with van der Waals surface area (Å²) in [7, 11) is 0. The van der Waals surface area contributed by atoms with E-state index in [1.165, 1.54) is 6.92 Å². The lowest BCUT2D eigenvalue weighted by Crippen LogP contribution is -2.60. The predicted octanol–water partition coefficient (Wildman–Crippen LogP) is -1.12. The monoisotopic (exact) mass is 532 g/mol. The zero-order valence-corrected chi connectivity index (χ0v) is 21.6. The molecule has 0 aliphatic heterocycles. The van der Waals surface area contributed by atoms with Crippen LogP contribution in [0, 0.1) is 5.92 Å². The largest absolute Gasteiger partial charge is 0.480 e. The molecule has 2 rings (SSSR count). The second kappa shape index (κ2) is 13.5. The van der Waals surface area contributed by atoms with Gasteiger partial charge in [-0.15, -0.1) is 0 Å². The van der Waals surface area contributed by atoms with Crippen LogP contribution < -0.4 is 27.4 Å². The number of carboxylic acids is 1. The zero-order chi connectivity index (χ0) is 28.6. The van der Waals surface area contributed by atoms with Gasteiger partial charge >= 0.3 is 5.97 Å². The minimum atomic E-state index is -1.59. The fourth-order valence-corrected chi connectivity index (χ4v) is 3.95. The molecule has 13 heteroatoms. The predicted molar refractivity (Wildman–Crippen MR) is 138 cm³/mol. The van der Waals surface area contributed by atoms with Gasteiger partial charge in [-0.1, -0.05) is 32.0 Å². The van der Waals surface area contributed by atoms with E-state index in [-0.39, 0.29) is 12.3 Å². The van der Waals surface area contributed by atoms with Crippen LogP contribution in [0.25, 0.3) is 10.9 Å². The van der Waals surface area contributed by atoms with Gasteiger partial charge in [-0.05, 0) is 30.9 Å². The number of carboxylic acid groups (broad SMARTS) is 1. The van der Waals surface area contributed by atoms with Gasteiger partial charge in [0.25, 0.3) is 0 Å². The molecular weight excluding hydrogens is 496 g/mol. The molecule has 0 aliphatic carbocycles. The quantitative estimate of drug-likeness (QED) is 0.148. The third-order valence-electron chi connectivity index (χ3n) is 5.88. The molecule has 1 aromatic carbocycles.